The number of benzene rings is 1. The summed E-state index contributed by atoms with van der Waals surface area (Å²) in [7, 11) is 5.11. The van der Waals surface area contributed by atoms with Crippen LogP contribution < -0.4 is 20.7 Å². The molecule has 0 aromatic heterocycles. The predicted molar refractivity (Wildman–Crippen MR) is 73.2 cm³/mol. The van der Waals surface area contributed by atoms with Gasteiger partial charge in [0.05, 0.1) is 4.92 Å². The molecule has 1 aliphatic heterocycles. The molecule has 1 aromatic rings. The molecule has 7 heteroatoms. The van der Waals surface area contributed by atoms with Crippen molar-refractivity contribution in [2.75, 3.05) is 26.5 Å². The van der Waals surface area contributed by atoms with Crippen LogP contribution >= 0.6 is 0 Å². The molecule has 3 N–H and O–H groups in total. The summed E-state index contributed by atoms with van der Waals surface area (Å²) in [6.45, 7) is 0. The number of ether oxygens (including phenoxy) is 1. The van der Waals surface area contributed by atoms with Crippen LogP contribution in [0.5, 0.6) is 5.75 Å². The first kappa shape index (κ1) is 13.3. The van der Waals surface area contributed by atoms with Crippen LogP contribution in [0.15, 0.2) is 18.2 Å². The third kappa shape index (κ3) is 2.13. The molecule has 19 heavy (non-hydrogen) atoms. The number of nitrogens with zero attached hydrogens (tertiary/aromatic N) is 1. The number of hydrogen-bond acceptors (Lipinski definition) is 6. The molecule has 2 rings (SSSR count). The molecule has 1 aromatic carbocycles. The van der Waals surface area contributed by atoms with Crippen LogP contribution in [0, 0.1) is 10.1 Å². The zero-order valence-corrected chi connectivity index (χ0v) is 11.0. The van der Waals surface area contributed by atoms with Gasteiger partial charge in [-0.05, 0) is 32.3 Å². The van der Waals surface area contributed by atoms with Crippen molar-refractivity contribution in [3.8, 4) is 5.75 Å². The average Bonchev–Trinajstić information content (AvgIpc) is 2.45. The van der Waals surface area contributed by atoms with Gasteiger partial charge in [-0.1, -0.05) is 0 Å². The molecule has 0 atom stereocenters. The van der Waals surface area contributed by atoms with Crippen LogP contribution in [-0.4, -0.2) is 31.9 Å². The van der Waals surface area contributed by atoms with E-state index in [1.807, 2.05) is 12.2 Å². The van der Waals surface area contributed by atoms with E-state index in [-0.39, 0.29) is 5.69 Å². The summed E-state index contributed by atoms with van der Waals surface area (Å²) >= 11 is 0. The largest absolute Gasteiger partial charge is 0.453 e. The summed E-state index contributed by atoms with van der Waals surface area (Å²) in [5, 5.41) is 19.8. The minimum atomic E-state index is -0.867. The van der Waals surface area contributed by atoms with E-state index in [2.05, 4.69) is 16.0 Å². The SMILES string of the molecule is CNc1c([N+](=O)[O-])ccc2c1OC(NC)(NC)C=C2. The Kier molecular flexibility index (Phi) is 3.41. The summed E-state index contributed by atoms with van der Waals surface area (Å²) in [5.74, 6) is -0.420. The number of hydrogen-bond donors (Lipinski definition) is 3. The molecule has 0 amide bonds. The Bertz CT molecular complexity index is 538. The summed E-state index contributed by atoms with van der Waals surface area (Å²) in [5.41, 5.74) is 1.13. The molecule has 0 unspecified atom stereocenters. The molecular formula is C12H16N4O3. The van der Waals surface area contributed by atoms with Crippen LogP contribution in [0.25, 0.3) is 6.08 Å². The molecule has 0 fully saturated rings. The summed E-state index contributed by atoms with van der Waals surface area (Å²) in [6.07, 6.45) is 3.68. The van der Waals surface area contributed by atoms with Crippen LogP contribution in [0.3, 0.4) is 0 Å². The average molecular weight is 264 g/mol. The van der Waals surface area contributed by atoms with Crippen molar-refractivity contribution in [3.05, 3.63) is 33.9 Å². The lowest BCUT2D eigenvalue weighted by molar-refractivity contribution is -0.384. The van der Waals surface area contributed by atoms with Gasteiger partial charge in [-0.25, -0.2) is 0 Å². The van der Waals surface area contributed by atoms with E-state index in [1.165, 1.54) is 6.07 Å². The Hall–Kier alpha value is -2.12. The second kappa shape index (κ2) is 4.87. The molecule has 102 valence electrons. The van der Waals surface area contributed by atoms with Gasteiger partial charge in [0.2, 0.25) is 5.85 Å². The minimum absolute atomic E-state index is 0.0161. The number of likely N-dealkylation sites (N-methyl/N-ethyl adjacent to an activating group) is 2. The maximum absolute atomic E-state index is 11.0. The van der Waals surface area contributed by atoms with E-state index in [0.29, 0.717) is 11.4 Å². The fourth-order valence-electron chi connectivity index (χ4n) is 2.02. The predicted octanol–water partition coefficient (Wildman–Crippen LogP) is 1.13. The standard InChI is InChI=1S/C12H16N4O3/c1-13-10-9(16(17)18)5-4-8-6-7-12(14-2,15-3)19-11(8)10/h4-7,13-15H,1-3H3. The molecular weight excluding hydrogens is 248 g/mol. The fraction of sp³-hybridized carbons (Fsp3) is 0.333. The summed E-state index contributed by atoms with van der Waals surface area (Å²) in [6, 6.07) is 3.13. The Balaban J connectivity index is 2.57. The van der Waals surface area contributed by atoms with Crippen molar-refractivity contribution in [1.82, 2.24) is 10.6 Å². The Labute approximate surface area is 110 Å². The van der Waals surface area contributed by atoms with Crippen molar-refractivity contribution >= 4 is 17.5 Å². The number of rotatable bonds is 4. The second-order valence-corrected chi connectivity index (χ2v) is 4.06. The lowest BCUT2D eigenvalue weighted by atomic mass is 10.1. The Morgan fingerprint density at radius 1 is 1.26 bits per heavy atom. The van der Waals surface area contributed by atoms with E-state index in [9.17, 15) is 10.1 Å². The van der Waals surface area contributed by atoms with E-state index >= 15 is 0 Å². The number of nitro benzene ring substituents is 1. The first-order chi connectivity index (χ1) is 9.06. The number of nitro groups is 1. The Morgan fingerprint density at radius 2 is 1.95 bits per heavy atom. The van der Waals surface area contributed by atoms with Gasteiger partial charge in [0.25, 0.3) is 5.69 Å². The van der Waals surface area contributed by atoms with Gasteiger partial charge in [-0.2, -0.15) is 0 Å². The lowest BCUT2D eigenvalue weighted by Gasteiger charge is -2.34. The number of nitrogens with one attached hydrogen (secondary N) is 3. The van der Waals surface area contributed by atoms with E-state index in [0.717, 1.165) is 5.56 Å². The quantitative estimate of drug-likeness (QED) is 0.429. The van der Waals surface area contributed by atoms with Gasteiger partial charge >= 0.3 is 0 Å². The molecule has 0 bridgehead atoms. The first-order valence-corrected chi connectivity index (χ1v) is 5.82. The third-order valence-electron chi connectivity index (χ3n) is 3.12. The molecule has 0 radical (unpaired) electrons. The van der Waals surface area contributed by atoms with Crippen LogP contribution in [0.2, 0.25) is 0 Å². The van der Waals surface area contributed by atoms with Gasteiger partial charge in [0.15, 0.2) is 11.4 Å². The lowest BCUT2D eigenvalue weighted by Crippen LogP contribution is -2.57. The van der Waals surface area contributed by atoms with Gasteiger partial charge in [-0.3, -0.25) is 20.7 Å². The van der Waals surface area contributed by atoms with E-state index < -0.39 is 10.8 Å². The smallest absolute Gasteiger partial charge is 0.296 e. The third-order valence-corrected chi connectivity index (χ3v) is 3.12. The highest BCUT2D eigenvalue weighted by Crippen LogP contribution is 2.41. The summed E-state index contributed by atoms with van der Waals surface area (Å²) < 4.78 is 5.85. The second-order valence-electron chi connectivity index (χ2n) is 4.06. The number of anilines is 1. The van der Waals surface area contributed by atoms with E-state index in [1.54, 1.807) is 27.2 Å². The fourth-order valence-corrected chi connectivity index (χ4v) is 2.02. The summed E-state index contributed by atoms with van der Waals surface area (Å²) in [4.78, 5) is 10.6. The molecule has 1 heterocycles. The Morgan fingerprint density at radius 3 is 2.47 bits per heavy atom. The van der Waals surface area contributed by atoms with E-state index in [4.69, 9.17) is 4.74 Å². The highest BCUT2D eigenvalue weighted by Gasteiger charge is 2.32. The molecule has 0 aliphatic carbocycles. The highest BCUT2D eigenvalue weighted by atomic mass is 16.6. The van der Waals surface area contributed by atoms with Crippen LogP contribution in [0.1, 0.15) is 5.56 Å². The molecule has 0 saturated carbocycles. The zero-order chi connectivity index (χ0) is 14.0. The monoisotopic (exact) mass is 264 g/mol. The maximum atomic E-state index is 11.0. The van der Waals surface area contributed by atoms with Crippen LogP contribution in [-0.2, 0) is 0 Å². The first-order valence-electron chi connectivity index (χ1n) is 5.82. The van der Waals surface area contributed by atoms with Gasteiger partial charge in [0.1, 0.15) is 0 Å². The topological polar surface area (TPSA) is 88.5 Å². The molecule has 1 aliphatic rings. The minimum Gasteiger partial charge on any atom is -0.453 e. The van der Waals surface area contributed by atoms with Crippen molar-refractivity contribution in [3.63, 3.8) is 0 Å². The zero-order valence-electron chi connectivity index (χ0n) is 11.0. The van der Waals surface area contributed by atoms with Gasteiger partial charge in [0, 0.05) is 18.7 Å². The van der Waals surface area contributed by atoms with Crippen LogP contribution in [0.4, 0.5) is 11.4 Å². The number of fused-ring (bicyclic) bond motifs is 1. The van der Waals surface area contributed by atoms with Crippen molar-refractivity contribution < 1.29 is 9.66 Å². The van der Waals surface area contributed by atoms with Gasteiger partial charge < -0.3 is 10.1 Å². The van der Waals surface area contributed by atoms with Crippen molar-refractivity contribution in [2.24, 2.45) is 0 Å². The molecule has 0 spiro atoms. The van der Waals surface area contributed by atoms with Crippen molar-refractivity contribution in [1.29, 1.82) is 0 Å². The maximum Gasteiger partial charge on any atom is 0.296 e. The highest BCUT2D eigenvalue weighted by molar-refractivity contribution is 5.78. The molecule has 0 saturated heterocycles. The molecule has 7 nitrogen and oxygen atoms in total. The normalized spacial score (nSPS) is 15.5. The van der Waals surface area contributed by atoms with Gasteiger partial charge in [-0.15, -0.1) is 0 Å². The van der Waals surface area contributed by atoms with Crippen molar-refractivity contribution in [2.45, 2.75) is 5.85 Å².